The molecule has 5 nitrogen and oxygen atoms in total. The molecule has 0 fully saturated rings. The Hall–Kier alpha value is -2.56. The molecule has 1 N–H and O–H groups in total. The second-order valence-corrected chi connectivity index (χ2v) is 5.52. The first-order chi connectivity index (χ1) is 10.6. The number of ether oxygens (including phenoxy) is 1. The van der Waals surface area contributed by atoms with Crippen LogP contribution in [0.3, 0.4) is 0 Å². The minimum Gasteiger partial charge on any atom is -0.448 e. The highest BCUT2D eigenvalue weighted by molar-refractivity contribution is 6.00. The van der Waals surface area contributed by atoms with Crippen molar-refractivity contribution < 1.29 is 14.3 Å². The number of para-hydroxylation sites is 1. The van der Waals surface area contributed by atoms with E-state index in [4.69, 9.17) is 4.74 Å². The van der Waals surface area contributed by atoms with Crippen LogP contribution in [0.4, 0.5) is 5.69 Å². The first-order valence-corrected chi connectivity index (χ1v) is 7.33. The van der Waals surface area contributed by atoms with Crippen LogP contribution in [0.5, 0.6) is 0 Å². The molecule has 2 aromatic rings. The molecular weight excluding hydrogens is 280 g/mol. The third-order valence-electron chi connectivity index (χ3n) is 3.89. The lowest BCUT2D eigenvalue weighted by Gasteiger charge is -2.25. The maximum atomic E-state index is 12.7. The molecule has 0 saturated heterocycles. The van der Waals surface area contributed by atoms with E-state index >= 15 is 0 Å². The van der Waals surface area contributed by atoms with Gasteiger partial charge in [0.05, 0.1) is 0 Å². The van der Waals surface area contributed by atoms with Gasteiger partial charge < -0.3 is 14.6 Å². The number of aromatic nitrogens is 1. The van der Waals surface area contributed by atoms with Crippen LogP contribution in [-0.4, -0.2) is 29.0 Å². The number of nitrogens with zero attached hydrogens (tertiary/aromatic N) is 1. The second-order valence-electron chi connectivity index (χ2n) is 5.52. The fourth-order valence-corrected chi connectivity index (χ4v) is 2.83. The number of amides is 1. The van der Waals surface area contributed by atoms with Crippen LogP contribution < -0.4 is 4.90 Å². The van der Waals surface area contributed by atoms with Gasteiger partial charge >= 0.3 is 5.97 Å². The smallest absolute Gasteiger partial charge is 0.355 e. The third kappa shape index (κ3) is 2.50. The van der Waals surface area contributed by atoms with Gasteiger partial charge in [0.2, 0.25) is 0 Å². The zero-order chi connectivity index (χ0) is 15.7. The largest absolute Gasteiger partial charge is 0.448 e. The summed E-state index contributed by atoms with van der Waals surface area (Å²) in [6.07, 6.45) is 1.63. The topological polar surface area (TPSA) is 62.4 Å². The SMILES string of the molecule is C[C@H](OC(=O)c1ccc[nH]1)C(=O)N1c2ccccc2C[C@H]1C. The first-order valence-electron chi connectivity index (χ1n) is 7.33. The van der Waals surface area contributed by atoms with Crippen molar-refractivity contribution >= 4 is 17.6 Å². The Morgan fingerprint density at radius 3 is 2.77 bits per heavy atom. The Balaban J connectivity index is 1.75. The Bertz CT molecular complexity index is 694. The summed E-state index contributed by atoms with van der Waals surface area (Å²) in [4.78, 5) is 29.1. The minimum atomic E-state index is -0.829. The Morgan fingerprint density at radius 1 is 1.27 bits per heavy atom. The molecular formula is C17H18N2O3. The zero-order valence-corrected chi connectivity index (χ0v) is 12.6. The maximum Gasteiger partial charge on any atom is 0.355 e. The van der Waals surface area contributed by atoms with Gasteiger partial charge in [0, 0.05) is 17.9 Å². The van der Waals surface area contributed by atoms with E-state index in [-0.39, 0.29) is 11.9 Å². The Kier molecular flexibility index (Phi) is 3.71. The molecule has 0 aliphatic carbocycles. The molecule has 0 bridgehead atoms. The van der Waals surface area contributed by atoms with Crippen molar-refractivity contribution in [1.82, 2.24) is 4.98 Å². The van der Waals surface area contributed by atoms with Crippen LogP contribution in [0.1, 0.15) is 29.9 Å². The first kappa shape index (κ1) is 14.4. The highest BCUT2D eigenvalue weighted by Gasteiger charge is 2.34. The molecule has 22 heavy (non-hydrogen) atoms. The van der Waals surface area contributed by atoms with Gasteiger partial charge in [0.25, 0.3) is 5.91 Å². The number of carbonyl (C=O) groups is 2. The number of nitrogens with one attached hydrogen (secondary N) is 1. The standard InChI is InChI=1S/C17H18N2O3/c1-11-10-13-6-3-4-8-15(13)19(11)16(20)12(2)22-17(21)14-7-5-9-18-14/h3-9,11-12,18H,10H2,1-2H3/t11-,12+/m1/s1. The Morgan fingerprint density at radius 2 is 2.05 bits per heavy atom. The number of carbonyl (C=O) groups excluding carboxylic acids is 2. The van der Waals surface area contributed by atoms with Crippen LogP contribution in [0, 0.1) is 0 Å². The van der Waals surface area contributed by atoms with Crippen molar-refractivity contribution in [2.24, 2.45) is 0 Å². The second kappa shape index (κ2) is 5.67. The number of rotatable bonds is 3. The number of aromatic amines is 1. The lowest BCUT2D eigenvalue weighted by molar-refractivity contribution is -0.126. The molecule has 1 aromatic carbocycles. The van der Waals surface area contributed by atoms with Crippen LogP contribution >= 0.6 is 0 Å². The minimum absolute atomic E-state index is 0.0662. The molecule has 1 aliphatic rings. The van der Waals surface area contributed by atoms with Crippen LogP contribution in [0.15, 0.2) is 42.6 Å². The summed E-state index contributed by atoms with van der Waals surface area (Å²) >= 11 is 0. The van der Waals surface area contributed by atoms with Crippen LogP contribution in [0.2, 0.25) is 0 Å². The molecule has 1 aliphatic heterocycles. The van der Waals surface area contributed by atoms with Crippen molar-refractivity contribution in [2.45, 2.75) is 32.4 Å². The summed E-state index contributed by atoms with van der Waals surface area (Å²) < 4.78 is 5.27. The van der Waals surface area contributed by atoms with Crippen molar-refractivity contribution in [1.29, 1.82) is 0 Å². The van der Waals surface area contributed by atoms with Crippen molar-refractivity contribution in [3.05, 3.63) is 53.9 Å². The fraction of sp³-hybridized carbons (Fsp3) is 0.294. The highest BCUT2D eigenvalue weighted by atomic mass is 16.5. The highest BCUT2D eigenvalue weighted by Crippen LogP contribution is 2.32. The van der Waals surface area contributed by atoms with Gasteiger partial charge in [-0.3, -0.25) is 4.79 Å². The molecule has 0 saturated carbocycles. The van der Waals surface area contributed by atoms with Crippen LogP contribution in [0.25, 0.3) is 0 Å². The van der Waals surface area contributed by atoms with Gasteiger partial charge in [-0.25, -0.2) is 4.79 Å². The van der Waals surface area contributed by atoms with E-state index in [0.29, 0.717) is 5.69 Å². The average Bonchev–Trinajstić information content (AvgIpc) is 3.13. The molecule has 0 radical (unpaired) electrons. The van der Waals surface area contributed by atoms with Gasteiger partial charge in [-0.15, -0.1) is 0 Å². The molecule has 0 spiro atoms. The number of fused-ring (bicyclic) bond motifs is 1. The summed E-state index contributed by atoms with van der Waals surface area (Å²) in [5.74, 6) is -0.719. The van der Waals surface area contributed by atoms with Crippen molar-refractivity contribution in [3.8, 4) is 0 Å². The monoisotopic (exact) mass is 298 g/mol. The maximum absolute atomic E-state index is 12.7. The summed E-state index contributed by atoms with van der Waals surface area (Å²) in [6.45, 7) is 3.61. The predicted molar refractivity (Wildman–Crippen MR) is 82.8 cm³/mol. The van der Waals surface area contributed by atoms with Gasteiger partial charge in [-0.1, -0.05) is 18.2 Å². The molecule has 1 aromatic heterocycles. The van der Waals surface area contributed by atoms with E-state index in [9.17, 15) is 9.59 Å². The molecule has 2 heterocycles. The van der Waals surface area contributed by atoms with Gasteiger partial charge in [0.1, 0.15) is 5.69 Å². The van der Waals surface area contributed by atoms with E-state index in [0.717, 1.165) is 17.7 Å². The number of H-pyrrole nitrogens is 1. The average molecular weight is 298 g/mol. The normalized spacial score (nSPS) is 17.9. The van der Waals surface area contributed by atoms with Crippen LogP contribution in [-0.2, 0) is 16.0 Å². The number of benzene rings is 1. The molecule has 3 rings (SSSR count). The predicted octanol–water partition coefficient (Wildman–Crippen LogP) is 2.54. The number of hydrogen-bond acceptors (Lipinski definition) is 3. The van der Waals surface area contributed by atoms with Gasteiger partial charge in [-0.05, 0) is 44.0 Å². The Labute approximate surface area is 128 Å². The van der Waals surface area contributed by atoms with E-state index in [1.807, 2.05) is 31.2 Å². The van der Waals surface area contributed by atoms with E-state index in [2.05, 4.69) is 4.98 Å². The number of hydrogen-bond donors (Lipinski definition) is 1. The summed E-state index contributed by atoms with van der Waals surface area (Å²) in [5.41, 5.74) is 2.39. The number of esters is 1. The number of anilines is 1. The molecule has 2 atom stereocenters. The van der Waals surface area contributed by atoms with Crippen molar-refractivity contribution in [3.63, 3.8) is 0 Å². The molecule has 0 unspecified atom stereocenters. The van der Waals surface area contributed by atoms with Crippen molar-refractivity contribution in [2.75, 3.05) is 4.90 Å². The van der Waals surface area contributed by atoms with Gasteiger partial charge in [-0.2, -0.15) is 0 Å². The third-order valence-corrected chi connectivity index (χ3v) is 3.89. The summed E-state index contributed by atoms with van der Waals surface area (Å²) in [6, 6.07) is 11.2. The van der Waals surface area contributed by atoms with E-state index in [1.54, 1.807) is 30.2 Å². The van der Waals surface area contributed by atoms with Gasteiger partial charge in [0.15, 0.2) is 6.10 Å². The van der Waals surface area contributed by atoms with E-state index < -0.39 is 12.1 Å². The molecule has 5 heteroatoms. The lowest BCUT2D eigenvalue weighted by Crippen LogP contribution is -2.43. The molecule has 114 valence electrons. The lowest BCUT2D eigenvalue weighted by atomic mass is 10.1. The zero-order valence-electron chi connectivity index (χ0n) is 12.6. The quantitative estimate of drug-likeness (QED) is 0.886. The summed E-state index contributed by atoms with van der Waals surface area (Å²) in [7, 11) is 0. The fourth-order valence-electron chi connectivity index (χ4n) is 2.83. The molecule has 1 amide bonds. The summed E-state index contributed by atoms with van der Waals surface area (Å²) in [5, 5.41) is 0. The van der Waals surface area contributed by atoms with E-state index in [1.165, 1.54) is 0 Å².